The highest BCUT2D eigenvalue weighted by Crippen LogP contribution is 2.82. The second-order valence-corrected chi connectivity index (χ2v) is 9.06. The summed E-state index contributed by atoms with van der Waals surface area (Å²) in [6, 6.07) is 1.70. The van der Waals surface area contributed by atoms with Crippen LogP contribution < -0.4 is 0 Å². The summed E-state index contributed by atoms with van der Waals surface area (Å²) in [5, 5.41) is 8.42. The van der Waals surface area contributed by atoms with Crippen molar-refractivity contribution >= 4 is 23.3 Å². The first-order chi connectivity index (χ1) is 8.64. The Morgan fingerprint density at radius 1 is 1.00 bits per heavy atom. The zero-order valence-electron chi connectivity index (χ0n) is 9.80. The highest BCUT2D eigenvalue weighted by molar-refractivity contribution is 7.78. The summed E-state index contributed by atoms with van der Waals surface area (Å²) in [6.07, 6.45) is 0.162. The van der Waals surface area contributed by atoms with Crippen LogP contribution in [-0.4, -0.2) is 17.8 Å². The van der Waals surface area contributed by atoms with E-state index in [4.69, 9.17) is 5.26 Å². The largest absolute Gasteiger partial charge is 0.424 e. The molecule has 19 heavy (non-hydrogen) atoms. The lowest BCUT2D eigenvalue weighted by Gasteiger charge is -2.27. The molecule has 1 atom stereocenters. The molecular weight excluding hydrogens is 330 g/mol. The van der Waals surface area contributed by atoms with Crippen molar-refractivity contribution in [1.29, 1.82) is 5.26 Å². The Hall–Kier alpha value is -0.210. The van der Waals surface area contributed by atoms with E-state index in [2.05, 4.69) is 9.03 Å². The van der Waals surface area contributed by atoms with Crippen molar-refractivity contribution < 1.29 is 21.0 Å². The van der Waals surface area contributed by atoms with E-state index >= 15 is 0 Å². The molecule has 0 bridgehead atoms. The van der Waals surface area contributed by atoms with Gasteiger partial charge in [-0.3, -0.25) is 0 Å². The monoisotopic (exact) mass is 341 g/mol. The minimum absolute atomic E-state index is 0.0705. The number of hydrogen-bond donors (Lipinski definition) is 0. The second-order valence-electron chi connectivity index (χ2n) is 3.54. The van der Waals surface area contributed by atoms with Crippen LogP contribution in [-0.2, 0) is 0 Å². The molecule has 0 radical (unpaired) electrons. The topological polar surface area (TPSA) is 64.1 Å². The van der Waals surface area contributed by atoms with E-state index in [-0.39, 0.29) is 19.5 Å². The first-order valence-electron chi connectivity index (χ1n) is 5.16. The molecule has 0 fully saturated rings. The molecule has 1 aliphatic heterocycles. The lowest BCUT2D eigenvalue weighted by molar-refractivity contribution is 0.435. The number of rotatable bonds is 5. The van der Waals surface area contributed by atoms with Crippen molar-refractivity contribution in [2.75, 3.05) is 13.1 Å². The van der Waals surface area contributed by atoms with Crippen LogP contribution in [0.25, 0.3) is 0 Å². The average Bonchev–Trinajstić information content (AvgIpc) is 2.18. The van der Waals surface area contributed by atoms with E-state index in [1.165, 1.54) is 0 Å². The zero-order valence-corrected chi connectivity index (χ0v) is 12.5. The molecule has 0 aromatic carbocycles. The predicted octanol–water partition coefficient (Wildman–Crippen LogP) is 6.31. The Morgan fingerprint density at radius 2 is 1.58 bits per heavy atom. The van der Waals surface area contributed by atoms with E-state index in [0.717, 1.165) is 4.67 Å². The number of hydrogen-bond acceptors (Lipinski definition) is 5. The third-order valence-corrected chi connectivity index (χ3v) is 8.37. The predicted molar refractivity (Wildman–Crippen MR) is 65.7 cm³/mol. The Labute approximate surface area is 107 Å². The van der Waals surface area contributed by atoms with E-state index < -0.39 is 23.3 Å². The molecule has 1 heterocycles. The van der Waals surface area contributed by atoms with Crippen LogP contribution in [0.2, 0.25) is 0 Å². The van der Waals surface area contributed by atoms with Crippen LogP contribution in [0, 0.1) is 11.3 Å². The fraction of sp³-hybridized carbons (Fsp3) is 0.833. The maximum absolute atomic E-state index is 14.4. The molecular formula is C6H11F5N5P3. The van der Waals surface area contributed by atoms with Crippen molar-refractivity contribution in [2.45, 2.75) is 19.8 Å². The van der Waals surface area contributed by atoms with Gasteiger partial charge in [0, 0.05) is 19.5 Å². The van der Waals surface area contributed by atoms with E-state index in [0.29, 0.717) is 6.42 Å². The lowest BCUT2D eigenvalue weighted by Crippen LogP contribution is -2.20. The Balaban J connectivity index is 3.28. The third-order valence-electron chi connectivity index (χ3n) is 1.98. The summed E-state index contributed by atoms with van der Waals surface area (Å²) in [4.78, 5) is 0. The molecule has 110 valence electrons. The fourth-order valence-electron chi connectivity index (χ4n) is 1.37. The SMILES string of the molecule is CCCN(CCC#N)P1(F)=NP(F)(F)=NP(F)(F)=N1. The first kappa shape index (κ1) is 16.8. The van der Waals surface area contributed by atoms with Crippen molar-refractivity contribution in [3.63, 3.8) is 0 Å². The van der Waals surface area contributed by atoms with Crippen molar-refractivity contribution in [3.05, 3.63) is 0 Å². The summed E-state index contributed by atoms with van der Waals surface area (Å²) in [7, 11) is -16.2. The van der Waals surface area contributed by atoms with E-state index in [1.54, 1.807) is 13.0 Å². The van der Waals surface area contributed by atoms with Gasteiger partial charge in [-0.1, -0.05) is 6.92 Å². The van der Waals surface area contributed by atoms with Crippen LogP contribution in [0.3, 0.4) is 0 Å². The van der Waals surface area contributed by atoms with Gasteiger partial charge in [-0.25, -0.2) is 4.67 Å². The van der Waals surface area contributed by atoms with Gasteiger partial charge in [0.2, 0.25) is 0 Å². The maximum Gasteiger partial charge on any atom is 0.424 e. The summed E-state index contributed by atoms with van der Waals surface area (Å²) < 4.78 is 74.5. The molecule has 0 aliphatic carbocycles. The molecule has 13 heteroatoms. The minimum atomic E-state index is -5.68. The number of halogens is 5. The summed E-state index contributed by atoms with van der Waals surface area (Å²) in [5.74, 6) is 0. The molecule has 0 aromatic heterocycles. The highest BCUT2D eigenvalue weighted by atomic mass is 31.3. The minimum Gasteiger partial charge on any atom is -0.225 e. The van der Waals surface area contributed by atoms with Gasteiger partial charge < -0.3 is 0 Å². The van der Waals surface area contributed by atoms with Crippen molar-refractivity contribution in [2.24, 2.45) is 13.5 Å². The molecule has 0 saturated heterocycles. The van der Waals surface area contributed by atoms with Gasteiger partial charge in [0.1, 0.15) is 0 Å². The van der Waals surface area contributed by atoms with Gasteiger partial charge >= 0.3 is 23.3 Å². The maximum atomic E-state index is 14.4. The summed E-state index contributed by atoms with van der Waals surface area (Å²) in [5.41, 5.74) is 0. The van der Waals surface area contributed by atoms with E-state index in [9.17, 15) is 21.0 Å². The number of nitrogens with zero attached hydrogens (tertiary/aromatic N) is 5. The number of nitriles is 1. The highest BCUT2D eigenvalue weighted by Gasteiger charge is 2.42. The summed E-state index contributed by atoms with van der Waals surface area (Å²) in [6.45, 7) is 1.29. The molecule has 1 rings (SSSR count). The van der Waals surface area contributed by atoms with Crippen LogP contribution in [0.15, 0.2) is 13.5 Å². The lowest BCUT2D eigenvalue weighted by atomic mass is 10.4. The average molecular weight is 341 g/mol. The molecule has 0 spiro atoms. The standard InChI is InChI=1S/C6H11F5N5P3/c1-2-5-16(6-3-4-12)19(11)14-17(7,8)13-18(9,10)15-19/h2-3,5-6H2,1H3. The summed E-state index contributed by atoms with van der Waals surface area (Å²) >= 11 is 0. The third kappa shape index (κ3) is 4.68. The van der Waals surface area contributed by atoms with Gasteiger partial charge in [-0.15, -0.1) is 30.3 Å². The van der Waals surface area contributed by atoms with Gasteiger partial charge in [-0.2, -0.15) is 9.46 Å². The second kappa shape index (κ2) is 6.05. The Morgan fingerprint density at radius 3 is 2.05 bits per heavy atom. The fourth-order valence-corrected chi connectivity index (χ4v) is 7.71. The molecule has 0 aromatic rings. The van der Waals surface area contributed by atoms with Crippen LogP contribution in [0.4, 0.5) is 21.0 Å². The Bertz CT molecular complexity index is 534. The van der Waals surface area contributed by atoms with Crippen LogP contribution in [0.5, 0.6) is 0 Å². The smallest absolute Gasteiger partial charge is 0.225 e. The quantitative estimate of drug-likeness (QED) is 0.434. The van der Waals surface area contributed by atoms with Gasteiger partial charge in [0.15, 0.2) is 0 Å². The van der Waals surface area contributed by atoms with Crippen LogP contribution in [0.1, 0.15) is 19.8 Å². The zero-order chi connectivity index (χ0) is 14.7. The van der Waals surface area contributed by atoms with E-state index in [1.807, 2.05) is 4.52 Å². The molecule has 0 saturated carbocycles. The molecule has 1 aliphatic rings. The molecule has 5 nitrogen and oxygen atoms in total. The van der Waals surface area contributed by atoms with Gasteiger partial charge in [0.25, 0.3) is 0 Å². The molecule has 0 amide bonds. The van der Waals surface area contributed by atoms with Crippen molar-refractivity contribution in [3.8, 4) is 6.07 Å². The Kier molecular flexibility index (Phi) is 5.36. The van der Waals surface area contributed by atoms with Gasteiger partial charge in [-0.05, 0) is 6.42 Å². The molecule has 1 unspecified atom stereocenters. The normalized spacial score (nSPS) is 27.9. The van der Waals surface area contributed by atoms with Crippen LogP contribution >= 0.6 is 23.3 Å². The molecule has 0 N–H and O–H groups in total. The van der Waals surface area contributed by atoms with Gasteiger partial charge in [0.05, 0.1) is 6.07 Å². The van der Waals surface area contributed by atoms with Crippen molar-refractivity contribution in [1.82, 2.24) is 4.67 Å². The first-order valence-corrected chi connectivity index (χ1v) is 9.65.